The second-order valence-electron chi connectivity index (χ2n) is 6.07. The van der Waals surface area contributed by atoms with E-state index in [1.165, 1.54) is 12.1 Å². The Morgan fingerprint density at radius 3 is 2.35 bits per heavy atom. The third-order valence-corrected chi connectivity index (χ3v) is 6.01. The van der Waals surface area contributed by atoms with E-state index in [2.05, 4.69) is 10.3 Å². The number of rotatable bonds is 4. The fraction of sp³-hybridized carbons (Fsp3) is 0.158. The Labute approximate surface area is 156 Å². The van der Waals surface area contributed by atoms with Crippen LogP contribution in [-0.2, 0) is 9.84 Å². The molecule has 0 aliphatic heterocycles. The molecule has 0 aliphatic carbocycles. The zero-order chi connectivity index (χ0) is 18.9. The van der Waals surface area contributed by atoms with Gasteiger partial charge in [-0.25, -0.2) is 13.4 Å². The van der Waals surface area contributed by atoms with E-state index >= 15 is 0 Å². The number of nitrogens with one attached hydrogen (secondary N) is 1. The lowest BCUT2D eigenvalue weighted by molar-refractivity contribution is 0.102. The molecule has 0 spiro atoms. The average molecular weight is 386 g/mol. The average Bonchev–Trinajstić information content (AvgIpc) is 3.01. The van der Waals surface area contributed by atoms with Crippen molar-refractivity contribution in [2.75, 3.05) is 11.6 Å². The van der Waals surface area contributed by atoms with Gasteiger partial charge in [-0.1, -0.05) is 6.07 Å². The number of carbonyl (C=O) groups excluding carboxylic acids is 1. The van der Waals surface area contributed by atoms with Crippen molar-refractivity contribution in [2.45, 2.75) is 18.7 Å². The summed E-state index contributed by atoms with van der Waals surface area (Å²) in [4.78, 5) is 17.1. The number of nitrogens with zero attached hydrogens (tertiary/aromatic N) is 1. The SMILES string of the molecule is Cc1csc(-c2ccc(NC(=O)c3cc(S(C)(=O)=O)ccc3C)cc2)n1. The van der Waals surface area contributed by atoms with Crippen molar-refractivity contribution in [1.29, 1.82) is 0 Å². The Morgan fingerprint density at radius 2 is 1.77 bits per heavy atom. The highest BCUT2D eigenvalue weighted by atomic mass is 32.2. The number of anilines is 1. The number of aromatic nitrogens is 1. The van der Waals surface area contributed by atoms with Crippen molar-refractivity contribution in [3.05, 3.63) is 64.7 Å². The topological polar surface area (TPSA) is 76.1 Å². The standard InChI is InChI=1S/C19H18N2O3S2/c1-12-4-9-16(26(3,23)24)10-17(12)18(22)21-15-7-5-14(6-8-15)19-20-13(2)11-25-19/h4-11H,1-3H3,(H,21,22). The molecule has 0 fully saturated rings. The third kappa shape index (κ3) is 4.00. The second-order valence-corrected chi connectivity index (χ2v) is 8.95. The highest BCUT2D eigenvalue weighted by molar-refractivity contribution is 7.90. The molecule has 0 unspecified atom stereocenters. The first-order valence-electron chi connectivity index (χ1n) is 7.88. The van der Waals surface area contributed by atoms with Gasteiger partial charge in [0.15, 0.2) is 9.84 Å². The highest BCUT2D eigenvalue weighted by Gasteiger charge is 2.15. The molecule has 1 heterocycles. The van der Waals surface area contributed by atoms with Crippen molar-refractivity contribution in [3.8, 4) is 10.6 Å². The summed E-state index contributed by atoms with van der Waals surface area (Å²) in [6, 6.07) is 12.0. The molecular formula is C19H18N2O3S2. The molecule has 26 heavy (non-hydrogen) atoms. The summed E-state index contributed by atoms with van der Waals surface area (Å²) in [7, 11) is -3.37. The van der Waals surface area contributed by atoms with Crippen LogP contribution in [-0.4, -0.2) is 25.6 Å². The van der Waals surface area contributed by atoms with Gasteiger partial charge in [0.05, 0.1) is 4.90 Å². The summed E-state index contributed by atoms with van der Waals surface area (Å²) in [5.41, 5.74) is 3.65. The van der Waals surface area contributed by atoms with Crippen LogP contribution in [0.3, 0.4) is 0 Å². The van der Waals surface area contributed by atoms with Crippen molar-refractivity contribution >= 4 is 32.8 Å². The lowest BCUT2D eigenvalue weighted by Gasteiger charge is -2.10. The Balaban J connectivity index is 1.82. The Bertz CT molecular complexity index is 1070. The molecule has 0 atom stereocenters. The summed E-state index contributed by atoms with van der Waals surface area (Å²) in [5.74, 6) is -0.342. The second kappa shape index (κ2) is 7.01. The quantitative estimate of drug-likeness (QED) is 0.733. The van der Waals surface area contributed by atoms with Gasteiger partial charge in [-0.05, 0) is 55.8 Å². The number of thiazole rings is 1. The maximum Gasteiger partial charge on any atom is 0.255 e. The summed E-state index contributed by atoms with van der Waals surface area (Å²) in [5, 5.41) is 5.73. The largest absolute Gasteiger partial charge is 0.322 e. The summed E-state index contributed by atoms with van der Waals surface area (Å²) in [6.45, 7) is 3.72. The Hall–Kier alpha value is -2.51. The molecule has 3 rings (SSSR count). The maximum atomic E-state index is 12.6. The minimum absolute atomic E-state index is 0.128. The van der Waals surface area contributed by atoms with Gasteiger partial charge in [-0.3, -0.25) is 4.79 Å². The lowest BCUT2D eigenvalue weighted by Crippen LogP contribution is -2.14. The van der Waals surface area contributed by atoms with Gasteiger partial charge in [0, 0.05) is 34.1 Å². The van der Waals surface area contributed by atoms with Crippen LogP contribution in [0.2, 0.25) is 0 Å². The number of amides is 1. The first kappa shape index (κ1) is 18.3. The molecular weight excluding hydrogens is 368 g/mol. The summed E-state index contributed by atoms with van der Waals surface area (Å²) < 4.78 is 23.4. The van der Waals surface area contributed by atoms with E-state index in [0.717, 1.165) is 22.5 Å². The van der Waals surface area contributed by atoms with Gasteiger partial charge in [-0.2, -0.15) is 0 Å². The normalized spacial score (nSPS) is 11.3. The molecule has 1 N–H and O–H groups in total. The summed E-state index contributed by atoms with van der Waals surface area (Å²) in [6.07, 6.45) is 1.12. The Kier molecular flexibility index (Phi) is 4.93. The molecule has 134 valence electrons. The van der Waals surface area contributed by atoms with Gasteiger partial charge < -0.3 is 5.32 Å². The van der Waals surface area contributed by atoms with Crippen LogP contribution in [0, 0.1) is 13.8 Å². The molecule has 1 aromatic heterocycles. The lowest BCUT2D eigenvalue weighted by atomic mass is 10.1. The molecule has 0 saturated carbocycles. The van der Waals surface area contributed by atoms with E-state index in [4.69, 9.17) is 0 Å². The van der Waals surface area contributed by atoms with Gasteiger partial charge in [0.1, 0.15) is 5.01 Å². The Morgan fingerprint density at radius 1 is 1.08 bits per heavy atom. The van der Waals surface area contributed by atoms with Gasteiger partial charge in [-0.15, -0.1) is 11.3 Å². The van der Waals surface area contributed by atoms with Crippen LogP contribution in [0.5, 0.6) is 0 Å². The van der Waals surface area contributed by atoms with E-state index in [9.17, 15) is 13.2 Å². The van der Waals surface area contributed by atoms with E-state index in [-0.39, 0.29) is 10.8 Å². The number of aryl methyl sites for hydroxylation is 2. The van der Waals surface area contributed by atoms with Gasteiger partial charge >= 0.3 is 0 Å². The molecule has 0 radical (unpaired) electrons. The fourth-order valence-corrected chi connectivity index (χ4v) is 3.91. The van der Waals surface area contributed by atoms with Crippen molar-refractivity contribution in [2.24, 2.45) is 0 Å². The zero-order valence-electron chi connectivity index (χ0n) is 14.6. The van der Waals surface area contributed by atoms with Crippen LogP contribution >= 0.6 is 11.3 Å². The van der Waals surface area contributed by atoms with Gasteiger partial charge in [0.2, 0.25) is 0 Å². The molecule has 3 aromatic rings. The number of carbonyl (C=O) groups is 1. The minimum atomic E-state index is -3.37. The number of benzene rings is 2. The monoisotopic (exact) mass is 386 g/mol. The van der Waals surface area contributed by atoms with E-state index < -0.39 is 9.84 Å². The van der Waals surface area contributed by atoms with Crippen molar-refractivity contribution in [3.63, 3.8) is 0 Å². The fourth-order valence-electron chi connectivity index (χ4n) is 2.46. The highest BCUT2D eigenvalue weighted by Crippen LogP contribution is 2.25. The first-order valence-corrected chi connectivity index (χ1v) is 10.7. The molecule has 0 bridgehead atoms. The van der Waals surface area contributed by atoms with Gasteiger partial charge in [0.25, 0.3) is 5.91 Å². The predicted molar refractivity (Wildman–Crippen MR) is 105 cm³/mol. The van der Waals surface area contributed by atoms with E-state index in [0.29, 0.717) is 16.8 Å². The van der Waals surface area contributed by atoms with Crippen LogP contribution < -0.4 is 5.32 Å². The molecule has 2 aromatic carbocycles. The molecule has 0 aliphatic rings. The number of hydrogen-bond acceptors (Lipinski definition) is 5. The molecule has 5 nitrogen and oxygen atoms in total. The number of sulfone groups is 1. The van der Waals surface area contributed by atoms with Crippen molar-refractivity contribution in [1.82, 2.24) is 4.98 Å². The molecule has 7 heteroatoms. The van der Waals surface area contributed by atoms with Crippen LogP contribution in [0.1, 0.15) is 21.6 Å². The molecule has 0 saturated heterocycles. The van der Waals surface area contributed by atoms with E-state index in [1.807, 2.05) is 24.4 Å². The predicted octanol–water partition coefficient (Wildman–Crippen LogP) is 4.08. The van der Waals surface area contributed by atoms with Crippen LogP contribution in [0.15, 0.2) is 52.7 Å². The van der Waals surface area contributed by atoms with E-state index in [1.54, 1.807) is 36.5 Å². The van der Waals surface area contributed by atoms with Crippen molar-refractivity contribution < 1.29 is 13.2 Å². The third-order valence-electron chi connectivity index (χ3n) is 3.89. The zero-order valence-corrected chi connectivity index (χ0v) is 16.2. The smallest absolute Gasteiger partial charge is 0.255 e. The summed E-state index contributed by atoms with van der Waals surface area (Å²) >= 11 is 1.57. The molecule has 1 amide bonds. The minimum Gasteiger partial charge on any atom is -0.322 e. The van der Waals surface area contributed by atoms with Crippen LogP contribution in [0.4, 0.5) is 5.69 Å². The maximum absolute atomic E-state index is 12.6. The number of hydrogen-bond donors (Lipinski definition) is 1. The first-order chi connectivity index (χ1) is 12.2. The van der Waals surface area contributed by atoms with Crippen LogP contribution in [0.25, 0.3) is 10.6 Å².